The molecule has 0 spiro atoms. The summed E-state index contributed by atoms with van der Waals surface area (Å²) in [5.41, 5.74) is 0.630. The second-order valence-corrected chi connectivity index (χ2v) is 5.31. The Morgan fingerprint density at radius 1 is 1.47 bits per heavy atom. The van der Waals surface area contributed by atoms with Gasteiger partial charge in [-0.1, -0.05) is 6.92 Å². The van der Waals surface area contributed by atoms with Crippen molar-refractivity contribution in [1.82, 2.24) is 4.98 Å². The van der Waals surface area contributed by atoms with E-state index in [1.54, 1.807) is 19.9 Å². The van der Waals surface area contributed by atoms with E-state index < -0.39 is 9.84 Å². The Morgan fingerprint density at radius 3 is 2.67 bits per heavy atom. The van der Waals surface area contributed by atoms with Gasteiger partial charge in [0.25, 0.3) is 0 Å². The Kier molecular flexibility index (Phi) is 3.43. The van der Waals surface area contributed by atoms with Crippen molar-refractivity contribution in [3.63, 3.8) is 0 Å². The molecule has 0 aromatic carbocycles. The van der Waals surface area contributed by atoms with Gasteiger partial charge in [-0.3, -0.25) is 0 Å². The van der Waals surface area contributed by atoms with Gasteiger partial charge in [0.1, 0.15) is 11.0 Å². The number of nitrogens with zero attached hydrogens (tertiary/aromatic N) is 2. The largest absolute Gasteiger partial charge is 0.241 e. The molecule has 0 N–H and O–H groups in total. The van der Waals surface area contributed by atoms with Crippen LogP contribution >= 0.6 is 0 Å². The molecule has 0 bridgehead atoms. The molecule has 0 aliphatic heterocycles. The lowest BCUT2D eigenvalue weighted by Gasteiger charge is -2.04. The van der Waals surface area contributed by atoms with E-state index in [9.17, 15) is 8.42 Å². The summed E-state index contributed by atoms with van der Waals surface area (Å²) in [7, 11) is -3.35. The van der Waals surface area contributed by atoms with Crippen LogP contribution in [0.4, 0.5) is 0 Å². The molecule has 0 saturated heterocycles. The SMILES string of the molecule is CCCS(=O)(=O)c1ccc(C)nc1C#N. The van der Waals surface area contributed by atoms with Crippen molar-refractivity contribution in [2.45, 2.75) is 25.2 Å². The van der Waals surface area contributed by atoms with E-state index in [1.165, 1.54) is 6.07 Å². The lowest BCUT2D eigenvalue weighted by molar-refractivity contribution is 0.594. The highest BCUT2D eigenvalue weighted by Gasteiger charge is 2.18. The predicted octanol–water partition coefficient (Wildman–Crippen LogP) is 1.45. The van der Waals surface area contributed by atoms with Crippen molar-refractivity contribution in [2.75, 3.05) is 5.75 Å². The van der Waals surface area contributed by atoms with Crippen LogP contribution in [-0.4, -0.2) is 19.2 Å². The van der Waals surface area contributed by atoms with E-state index in [-0.39, 0.29) is 16.3 Å². The van der Waals surface area contributed by atoms with E-state index >= 15 is 0 Å². The molecular formula is C10H12N2O2S. The van der Waals surface area contributed by atoms with Crippen molar-refractivity contribution in [3.05, 3.63) is 23.5 Å². The van der Waals surface area contributed by atoms with Crippen molar-refractivity contribution in [2.24, 2.45) is 0 Å². The van der Waals surface area contributed by atoms with Gasteiger partial charge in [0.15, 0.2) is 15.5 Å². The molecule has 80 valence electrons. The number of nitriles is 1. The number of rotatable bonds is 3. The van der Waals surface area contributed by atoms with Gasteiger partial charge in [0, 0.05) is 5.69 Å². The number of aromatic nitrogens is 1. The third-order valence-corrected chi connectivity index (χ3v) is 3.86. The van der Waals surface area contributed by atoms with Gasteiger partial charge in [0.05, 0.1) is 5.75 Å². The molecule has 0 amide bonds. The third-order valence-electron chi connectivity index (χ3n) is 1.91. The summed E-state index contributed by atoms with van der Waals surface area (Å²) >= 11 is 0. The summed E-state index contributed by atoms with van der Waals surface area (Å²) in [5.74, 6) is 0.0480. The highest BCUT2D eigenvalue weighted by atomic mass is 32.2. The normalized spacial score (nSPS) is 11.0. The standard InChI is InChI=1S/C10H12N2O2S/c1-3-6-15(13,14)10-5-4-8(2)12-9(10)7-11/h4-5H,3,6H2,1-2H3. The predicted molar refractivity (Wildman–Crippen MR) is 56.0 cm³/mol. The molecule has 1 aromatic rings. The molecule has 0 unspecified atom stereocenters. The van der Waals surface area contributed by atoms with Crippen LogP contribution < -0.4 is 0 Å². The van der Waals surface area contributed by atoms with Crippen molar-refractivity contribution in [3.8, 4) is 6.07 Å². The molecule has 1 rings (SSSR count). The maximum absolute atomic E-state index is 11.7. The molecular weight excluding hydrogens is 212 g/mol. The van der Waals surface area contributed by atoms with Crippen LogP contribution in [-0.2, 0) is 9.84 Å². The molecule has 1 heterocycles. The summed E-state index contributed by atoms with van der Waals surface area (Å²) in [4.78, 5) is 3.94. The fourth-order valence-electron chi connectivity index (χ4n) is 1.25. The summed E-state index contributed by atoms with van der Waals surface area (Å²) in [6, 6.07) is 4.86. The molecule has 1 aromatic heterocycles. The van der Waals surface area contributed by atoms with E-state index in [0.29, 0.717) is 12.1 Å². The van der Waals surface area contributed by atoms with Crippen LogP contribution in [0.2, 0.25) is 0 Å². The van der Waals surface area contributed by atoms with Crippen LogP contribution in [0.1, 0.15) is 24.7 Å². The zero-order chi connectivity index (χ0) is 11.5. The van der Waals surface area contributed by atoms with Crippen LogP contribution in [0.5, 0.6) is 0 Å². The van der Waals surface area contributed by atoms with Gasteiger partial charge < -0.3 is 0 Å². The average molecular weight is 224 g/mol. The fourth-order valence-corrected chi connectivity index (χ4v) is 2.67. The van der Waals surface area contributed by atoms with Crippen LogP contribution in [0, 0.1) is 18.3 Å². The molecule has 0 aliphatic rings. The minimum atomic E-state index is -3.35. The minimum Gasteiger partial charge on any atom is -0.241 e. The second kappa shape index (κ2) is 4.41. The average Bonchev–Trinajstić information content (AvgIpc) is 2.17. The van der Waals surface area contributed by atoms with Gasteiger partial charge in [-0.2, -0.15) is 5.26 Å². The van der Waals surface area contributed by atoms with E-state index in [1.807, 2.05) is 6.07 Å². The van der Waals surface area contributed by atoms with Crippen molar-refractivity contribution in [1.29, 1.82) is 5.26 Å². The van der Waals surface area contributed by atoms with Crippen molar-refractivity contribution < 1.29 is 8.42 Å². The van der Waals surface area contributed by atoms with E-state index in [2.05, 4.69) is 4.98 Å². The Bertz CT molecular complexity index is 501. The van der Waals surface area contributed by atoms with Gasteiger partial charge in [-0.15, -0.1) is 0 Å². The highest BCUT2D eigenvalue weighted by Crippen LogP contribution is 2.15. The zero-order valence-electron chi connectivity index (χ0n) is 8.69. The Balaban J connectivity index is 3.33. The number of hydrogen-bond donors (Lipinski definition) is 0. The number of hydrogen-bond acceptors (Lipinski definition) is 4. The zero-order valence-corrected chi connectivity index (χ0v) is 9.50. The maximum Gasteiger partial charge on any atom is 0.181 e. The molecule has 0 fully saturated rings. The number of pyridine rings is 1. The van der Waals surface area contributed by atoms with Gasteiger partial charge in [-0.05, 0) is 25.5 Å². The van der Waals surface area contributed by atoms with Gasteiger partial charge in [0.2, 0.25) is 0 Å². The molecule has 4 nitrogen and oxygen atoms in total. The van der Waals surface area contributed by atoms with Crippen LogP contribution in [0.15, 0.2) is 17.0 Å². The monoisotopic (exact) mass is 224 g/mol. The quantitative estimate of drug-likeness (QED) is 0.779. The van der Waals surface area contributed by atoms with Crippen LogP contribution in [0.3, 0.4) is 0 Å². The molecule has 0 radical (unpaired) electrons. The first-order chi connectivity index (χ1) is 7.01. The van der Waals surface area contributed by atoms with Gasteiger partial charge >= 0.3 is 0 Å². The molecule has 5 heteroatoms. The molecule has 0 aliphatic carbocycles. The first kappa shape index (κ1) is 11.7. The molecule has 0 atom stereocenters. The second-order valence-electron chi connectivity index (χ2n) is 3.23. The Morgan fingerprint density at radius 2 is 2.13 bits per heavy atom. The van der Waals surface area contributed by atoms with Gasteiger partial charge in [-0.25, -0.2) is 13.4 Å². The third kappa shape index (κ3) is 2.54. The lowest BCUT2D eigenvalue weighted by Crippen LogP contribution is -2.09. The first-order valence-electron chi connectivity index (χ1n) is 4.61. The summed E-state index contributed by atoms with van der Waals surface area (Å²) in [5, 5.41) is 8.80. The first-order valence-corrected chi connectivity index (χ1v) is 6.27. The minimum absolute atomic E-state index is 0.0107. The maximum atomic E-state index is 11.7. The van der Waals surface area contributed by atoms with E-state index in [0.717, 1.165) is 0 Å². The topological polar surface area (TPSA) is 70.8 Å². The molecule has 15 heavy (non-hydrogen) atoms. The van der Waals surface area contributed by atoms with Crippen LogP contribution in [0.25, 0.3) is 0 Å². The highest BCUT2D eigenvalue weighted by molar-refractivity contribution is 7.91. The smallest absolute Gasteiger partial charge is 0.181 e. The summed E-state index contributed by atoms with van der Waals surface area (Å²) in [6.45, 7) is 3.50. The lowest BCUT2D eigenvalue weighted by atomic mass is 10.3. The summed E-state index contributed by atoms with van der Waals surface area (Å²) in [6.07, 6.45) is 0.529. The van der Waals surface area contributed by atoms with E-state index in [4.69, 9.17) is 5.26 Å². The summed E-state index contributed by atoms with van der Waals surface area (Å²) < 4.78 is 23.5. The Hall–Kier alpha value is -1.41. The van der Waals surface area contributed by atoms with Crippen molar-refractivity contribution >= 4 is 9.84 Å². The number of aryl methyl sites for hydroxylation is 1. The fraction of sp³-hybridized carbons (Fsp3) is 0.400. The Labute approximate surface area is 89.5 Å². The molecule has 0 saturated carbocycles. The number of sulfone groups is 1.